The van der Waals surface area contributed by atoms with Crippen LogP contribution in [0.1, 0.15) is 0 Å². The van der Waals surface area contributed by atoms with Crippen molar-refractivity contribution < 1.29 is 16.8 Å². The third kappa shape index (κ3) is 7.94. The molecule has 0 aliphatic carbocycles. The summed E-state index contributed by atoms with van der Waals surface area (Å²) in [5.41, 5.74) is 0. The highest BCUT2D eigenvalue weighted by molar-refractivity contribution is 8.28. The van der Waals surface area contributed by atoms with Crippen molar-refractivity contribution in [3.05, 3.63) is 182 Å². The van der Waals surface area contributed by atoms with E-state index in [-0.39, 0.29) is 9.79 Å². The summed E-state index contributed by atoms with van der Waals surface area (Å²) in [7, 11) is -7.56. The third-order valence-corrected chi connectivity index (χ3v) is 28.1. The second-order valence-electron chi connectivity index (χ2n) is 11.0. The van der Waals surface area contributed by atoms with Crippen molar-refractivity contribution in [2.24, 2.45) is 0 Å². The molecule has 6 aromatic carbocycles. The fourth-order valence-corrected chi connectivity index (χ4v) is 21.5. The summed E-state index contributed by atoms with van der Waals surface area (Å²) >= 11 is 25.3. The van der Waals surface area contributed by atoms with Gasteiger partial charge in [-0.05, 0) is 45.5 Å². The highest BCUT2D eigenvalue weighted by Gasteiger charge is 2.41. The standard InChI is InChI=1S/2C19H16ClO2PS2/c2*20-19(25(21,22)18-14-8-3-9-15-18)23(24,16-10-4-1-5-11-16)17-12-6-2-7-13-17/h2*1-15,19H/t2*19-/m10/s1. The van der Waals surface area contributed by atoms with Crippen LogP contribution in [0.25, 0.3) is 0 Å². The first-order valence-electron chi connectivity index (χ1n) is 15.2. The molecule has 0 aliphatic heterocycles. The third-order valence-electron chi connectivity index (χ3n) is 7.79. The van der Waals surface area contributed by atoms with Gasteiger partial charge in [-0.1, -0.05) is 205 Å². The Bertz CT molecular complexity index is 2060. The van der Waals surface area contributed by atoms with Gasteiger partial charge in [0.05, 0.1) is 9.79 Å². The maximum absolute atomic E-state index is 13.2. The quantitative estimate of drug-likeness (QED) is 0.103. The molecule has 0 bridgehead atoms. The Morgan fingerprint density at radius 3 is 0.740 bits per heavy atom. The first kappa shape index (κ1) is 38.3. The van der Waals surface area contributed by atoms with E-state index in [0.717, 1.165) is 21.2 Å². The fraction of sp³-hybridized carbons (Fsp3) is 0.0526. The molecule has 0 spiro atoms. The Morgan fingerprint density at radius 1 is 0.360 bits per heavy atom. The minimum Gasteiger partial charge on any atom is -0.222 e. The molecule has 0 saturated heterocycles. The van der Waals surface area contributed by atoms with E-state index in [1.54, 1.807) is 60.7 Å². The van der Waals surface area contributed by atoms with Crippen LogP contribution in [0.15, 0.2) is 192 Å². The number of hydrogen-bond donors (Lipinski definition) is 0. The van der Waals surface area contributed by atoms with E-state index in [2.05, 4.69) is 0 Å². The van der Waals surface area contributed by atoms with Gasteiger partial charge in [0.2, 0.25) is 19.7 Å². The topological polar surface area (TPSA) is 68.3 Å². The predicted octanol–water partition coefficient (Wildman–Crippen LogP) is 8.23. The molecule has 0 N–H and O–H groups in total. The lowest BCUT2D eigenvalue weighted by Crippen LogP contribution is -2.28. The SMILES string of the molecule is O=S(=O)(c1ccccc1)[C@@H](Cl)P(=S)(c1ccccc1)c1ccccc1.O=S(=O)(c1ccccc1)[C@H](Cl)P(=S)(c1ccccc1)c1ccccc1. The molecule has 6 rings (SSSR count). The fourth-order valence-electron chi connectivity index (χ4n) is 5.20. The molecule has 0 unspecified atom stereocenters. The second-order valence-corrected chi connectivity index (χ2v) is 26.9. The minimum atomic E-state index is -3.78. The van der Waals surface area contributed by atoms with E-state index < -0.39 is 40.7 Å². The highest BCUT2D eigenvalue weighted by Crippen LogP contribution is 2.55. The van der Waals surface area contributed by atoms with Crippen LogP contribution in [0.3, 0.4) is 0 Å². The Kier molecular flexibility index (Phi) is 12.7. The summed E-state index contributed by atoms with van der Waals surface area (Å²) in [5.74, 6) is 0. The van der Waals surface area contributed by atoms with Gasteiger partial charge >= 0.3 is 0 Å². The molecular weight excluding hydrogens is 782 g/mol. The van der Waals surface area contributed by atoms with Gasteiger partial charge in [-0.2, -0.15) is 0 Å². The van der Waals surface area contributed by atoms with E-state index in [9.17, 15) is 16.8 Å². The summed E-state index contributed by atoms with van der Waals surface area (Å²) in [6.07, 6.45) is 0. The van der Waals surface area contributed by atoms with Crippen LogP contribution in [-0.2, 0) is 43.3 Å². The molecule has 6 aromatic rings. The van der Waals surface area contributed by atoms with E-state index in [1.807, 2.05) is 121 Å². The molecule has 0 fully saturated rings. The Morgan fingerprint density at radius 2 is 0.540 bits per heavy atom. The van der Waals surface area contributed by atoms with E-state index >= 15 is 0 Å². The molecule has 0 saturated carbocycles. The number of rotatable bonds is 10. The number of sulfone groups is 2. The van der Waals surface area contributed by atoms with Crippen LogP contribution in [0.5, 0.6) is 0 Å². The predicted molar refractivity (Wildman–Crippen MR) is 219 cm³/mol. The first-order chi connectivity index (χ1) is 23.9. The van der Waals surface area contributed by atoms with Crippen LogP contribution in [0, 0.1) is 0 Å². The zero-order valence-corrected chi connectivity index (χ0v) is 33.0. The minimum absolute atomic E-state index is 0.191. The summed E-state index contributed by atoms with van der Waals surface area (Å²) in [6, 6.07) is 48.2. The second kappa shape index (κ2) is 16.6. The van der Waals surface area contributed by atoms with Crippen molar-refractivity contribution in [3.8, 4) is 0 Å². The van der Waals surface area contributed by atoms with Gasteiger partial charge in [0.1, 0.15) is 0 Å². The van der Waals surface area contributed by atoms with Gasteiger partial charge in [0, 0.05) is 12.1 Å². The maximum Gasteiger partial charge on any atom is 0.200 e. The summed E-state index contributed by atoms with van der Waals surface area (Å²) < 4.78 is 50.2. The average Bonchev–Trinajstić information content (AvgIpc) is 3.19. The van der Waals surface area contributed by atoms with Gasteiger partial charge in [0.15, 0.2) is 8.90 Å². The smallest absolute Gasteiger partial charge is 0.200 e. The Labute approximate surface area is 315 Å². The molecule has 0 aliphatic rings. The van der Waals surface area contributed by atoms with Crippen LogP contribution >= 0.6 is 35.3 Å². The van der Waals surface area contributed by atoms with Crippen LogP contribution in [-0.4, -0.2) is 25.7 Å². The van der Waals surface area contributed by atoms with Crippen LogP contribution < -0.4 is 21.2 Å². The molecule has 0 aromatic heterocycles. The normalized spacial score (nSPS) is 13.3. The highest BCUT2D eigenvalue weighted by atomic mass is 35.5. The molecule has 0 radical (unpaired) electrons. The summed E-state index contributed by atoms with van der Waals surface area (Å²) in [4.78, 5) is 0.382. The molecule has 4 nitrogen and oxygen atoms in total. The van der Waals surface area contributed by atoms with Gasteiger partial charge in [-0.15, -0.1) is 0 Å². The van der Waals surface area contributed by atoms with Gasteiger partial charge < -0.3 is 0 Å². The lowest BCUT2D eigenvalue weighted by molar-refractivity contribution is 0.597. The zero-order valence-electron chi connectivity index (χ0n) is 26.4. The average molecular weight is 814 g/mol. The number of alkyl halides is 2. The monoisotopic (exact) mass is 812 g/mol. The van der Waals surface area contributed by atoms with Crippen LogP contribution in [0.2, 0.25) is 0 Å². The van der Waals surface area contributed by atoms with Crippen molar-refractivity contribution in [1.29, 1.82) is 0 Å². The number of benzene rings is 6. The van der Waals surface area contributed by atoms with Gasteiger partial charge in [-0.25, -0.2) is 16.8 Å². The number of halogens is 2. The van der Waals surface area contributed by atoms with Crippen molar-refractivity contribution in [3.63, 3.8) is 0 Å². The molecule has 2 atom stereocenters. The van der Waals surface area contributed by atoms with Gasteiger partial charge in [0.25, 0.3) is 0 Å². The van der Waals surface area contributed by atoms with Crippen molar-refractivity contribution in [1.82, 2.24) is 0 Å². The molecule has 50 heavy (non-hydrogen) atoms. The molecule has 0 heterocycles. The summed E-state index contributed by atoms with van der Waals surface area (Å²) in [6.45, 7) is 0. The Balaban J connectivity index is 0.000000194. The molecule has 0 amide bonds. The van der Waals surface area contributed by atoms with Crippen molar-refractivity contribution in [2.75, 3.05) is 0 Å². The lowest BCUT2D eigenvalue weighted by atomic mass is 10.4. The molecule has 12 heteroatoms. The molecular formula is C38H32Cl2O4P2S4. The summed E-state index contributed by atoms with van der Waals surface area (Å²) in [5, 5.41) is 3.15. The van der Waals surface area contributed by atoms with Crippen molar-refractivity contribution in [2.45, 2.75) is 18.7 Å². The number of hydrogen-bond acceptors (Lipinski definition) is 6. The van der Waals surface area contributed by atoms with E-state index in [1.165, 1.54) is 0 Å². The van der Waals surface area contributed by atoms with Crippen LogP contribution in [0.4, 0.5) is 0 Å². The van der Waals surface area contributed by atoms with E-state index in [4.69, 9.17) is 46.8 Å². The van der Waals surface area contributed by atoms with Crippen molar-refractivity contribution >= 4 is 99.8 Å². The molecule has 256 valence electrons. The Hall–Kier alpha value is -2.90. The van der Waals surface area contributed by atoms with E-state index in [0.29, 0.717) is 0 Å². The lowest BCUT2D eigenvalue weighted by Gasteiger charge is -2.28. The largest absolute Gasteiger partial charge is 0.222 e. The first-order valence-corrected chi connectivity index (χ1v) is 24.9. The van der Waals surface area contributed by atoms with Gasteiger partial charge in [-0.3, -0.25) is 0 Å². The maximum atomic E-state index is 13.2. The zero-order chi connectivity index (χ0) is 35.8.